The Kier molecular flexibility index (Phi) is 3.99. The number of hydrogen-bond donors (Lipinski definition) is 1. The van der Waals surface area contributed by atoms with E-state index in [1.165, 1.54) is 6.08 Å². The maximum absolute atomic E-state index is 10.2. The molecule has 76 valence electrons. The number of aliphatic carboxylic acids is 1. The Morgan fingerprint density at radius 2 is 2.13 bits per heavy atom. The van der Waals surface area contributed by atoms with Crippen molar-refractivity contribution in [2.24, 2.45) is 0 Å². The van der Waals surface area contributed by atoms with Crippen molar-refractivity contribution in [2.75, 3.05) is 6.61 Å². The molecule has 0 saturated carbocycles. The maximum Gasteiger partial charge on any atom is 0.328 e. The average Bonchev–Trinajstić information content (AvgIpc) is 2.25. The molecule has 1 rings (SSSR count). The number of rotatable bonds is 4. The summed E-state index contributed by atoms with van der Waals surface area (Å²) in [6.07, 6.45) is 7.62. The smallest absolute Gasteiger partial charge is 0.328 e. The summed E-state index contributed by atoms with van der Waals surface area (Å²) in [7, 11) is 0. The molecule has 0 aliphatic carbocycles. The highest BCUT2D eigenvalue weighted by atomic mass is 16.5. The van der Waals surface area contributed by atoms with E-state index < -0.39 is 5.97 Å². The fourth-order valence-electron chi connectivity index (χ4n) is 0.968. The quantitative estimate of drug-likeness (QED) is 0.598. The maximum atomic E-state index is 10.2. The molecule has 0 aliphatic heterocycles. The van der Waals surface area contributed by atoms with Crippen molar-refractivity contribution in [1.82, 2.24) is 0 Å². The molecule has 0 heterocycles. The Labute approximate surface area is 88.0 Å². The number of hydrogen-bond acceptors (Lipinski definition) is 2. The lowest BCUT2D eigenvalue weighted by molar-refractivity contribution is -0.131. The molecule has 0 aromatic heterocycles. The molecule has 0 fully saturated rings. The second-order valence-electron chi connectivity index (χ2n) is 2.73. The summed E-state index contributed by atoms with van der Waals surface area (Å²) in [6.45, 7) is 0.226. The van der Waals surface area contributed by atoms with Crippen molar-refractivity contribution in [1.29, 1.82) is 0 Å². The van der Waals surface area contributed by atoms with Crippen LogP contribution in [0.1, 0.15) is 5.56 Å². The van der Waals surface area contributed by atoms with E-state index in [4.69, 9.17) is 16.3 Å². The van der Waals surface area contributed by atoms with Crippen LogP contribution in [0.2, 0.25) is 0 Å². The highest BCUT2D eigenvalue weighted by molar-refractivity contribution is 5.85. The number of ether oxygens (including phenoxy) is 1. The fraction of sp³-hybridized carbons (Fsp3) is 0.0833. The lowest BCUT2D eigenvalue weighted by Crippen LogP contribution is -1.92. The first-order valence-corrected chi connectivity index (χ1v) is 4.29. The molecule has 0 amide bonds. The number of benzene rings is 1. The largest absolute Gasteiger partial charge is 0.481 e. The predicted molar refractivity (Wildman–Crippen MR) is 57.4 cm³/mol. The molecule has 3 heteroatoms. The normalized spacial score (nSPS) is 9.80. The number of terminal acetylenes is 1. The minimum Gasteiger partial charge on any atom is -0.481 e. The molecule has 1 aromatic carbocycles. The van der Waals surface area contributed by atoms with Crippen molar-refractivity contribution >= 4 is 12.0 Å². The number of carboxylic acids is 1. The average molecular weight is 202 g/mol. The molecule has 1 aromatic rings. The van der Waals surface area contributed by atoms with Crippen LogP contribution < -0.4 is 4.74 Å². The Morgan fingerprint density at radius 3 is 2.67 bits per heavy atom. The van der Waals surface area contributed by atoms with Crippen LogP contribution in [0.3, 0.4) is 0 Å². The zero-order chi connectivity index (χ0) is 11.1. The van der Waals surface area contributed by atoms with Gasteiger partial charge in [0.2, 0.25) is 0 Å². The van der Waals surface area contributed by atoms with E-state index in [9.17, 15) is 4.79 Å². The van der Waals surface area contributed by atoms with Gasteiger partial charge in [-0.3, -0.25) is 0 Å². The second-order valence-corrected chi connectivity index (χ2v) is 2.73. The monoisotopic (exact) mass is 202 g/mol. The van der Waals surface area contributed by atoms with Gasteiger partial charge in [-0.15, -0.1) is 6.42 Å². The Morgan fingerprint density at radius 1 is 1.47 bits per heavy atom. The molecular formula is C12H10O3. The first-order chi connectivity index (χ1) is 7.22. The van der Waals surface area contributed by atoms with Crippen LogP contribution in [-0.2, 0) is 4.79 Å². The highest BCUT2D eigenvalue weighted by Crippen LogP contribution is 2.12. The summed E-state index contributed by atoms with van der Waals surface area (Å²) in [5.74, 6) is 2.05. The summed E-state index contributed by atoms with van der Waals surface area (Å²) in [5, 5.41) is 8.41. The van der Waals surface area contributed by atoms with Gasteiger partial charge in [-0.1, -0.05) is 18.1 Å². The minimum absolute atomic E-state index is 0.226. The zero-order valence-corrected chi connectivity index (χ0v) is 8.01. The molecule has 0 radical (unpaired) electrons. The molecule has 0 atom stereocenters. The lowest BCUT2D eigenvalue weighted by atomic mass is 10.2. The first-order valence-electron chi connectivity index (χ1n) is 4.29. The molecule has 0 bridgehead atoms. The van der Waals surface area contributed by atoms with Crippen molar-refractivity contribution < 1.29 is 14.6 Å². The van der Waals surface area contributed by atoms with Gasteiger partial charge in [0, 0.05) is 6.08 Å². The standard InChI is InChI=1S/C12H10O3/c1-2-9-15-11-6-3-10(4-7-11)5-8-12(13)14/h1,3-8H,9H2,(H,13,14)/b8-5+. The highest BCUT2D eigenvalue weighted by Gasteiger charge is 1.92. The molecule has 3 nitrogen and oxygen atoms in total. The molecular weight excluding hydrogens is 192 g/mol. The minimum atomic E-state index is -0.970. The molecule has 0 spiro atoms. The third kappa shape index (κ3) is 4.01. The van der Waals surface area contributed by atoms with Crippen LogP contribution in [0, 0.1) is 12.3 Å². The summed E-state index contributed by atoms with van der Waals surface area (Å²) in [6, 6.07) is 6.98. The Hall–Kier alpha value is -2.21. The van der Waals surface area contributed by atoms with Crippen molar-refractivity contribution in [3.8, 4) is 18.1 Å². The van der Waals surface area contributed by atoms with Crippen LogP contribution in [0.15, 0.2) is 30.3 Å². The summed E-state index contributed by atoms with van der Waals surface area (Å²) < 4.78 is 5.16. The van der Waals surface area contributed by atoms with E-state index in [-0.39, 0.29) is 6.61 Å². The van der Waals surface area contributed by atoms with Gasteiger partial charge in [0.25, 0.3) is 0 Å². The van der Waals surface area contributed by atoms with Gasteiger partial charge >= 0.3 is 5.97 Å². The van der Waals surface area contributed by atoms with Gasteiger partial charge in [0.1, 0.15) is 12.4 Å². The Balaban J connectivity index is 2.64. The fourth-order valence-corrected chi connectivity index (χ4v) is 0.968. The van der Waals surface area contributed by atoms with E-state index in [1.807, 2.05) is 0 Å². The first kappa shape index (κ1) is 10.9. The lowest BCUT2D eigenvalue weighted by Gasteiger charge is -2.01. The van der Waals surface area contributed by atoms with E-state index in [1.54, 1.807) is 24.3 Å². The van der Waals surface area contributed by atoms with Crippen LogP contribution in [0.4, 0.5) is 0 Å². The van der Waals surface area contributed by atoms with Crippen molar-refractivity contribution in [3.63, 3.8) is 0 Å². The number of carboxylic acid groups (broad SMARTS) is 1. The van der Waals surface area contributed by atoms with Gasteiger partial charge in [0.05, 0.1) is 0 Å². The molecule has 0 saturated heterocycles. The van der Waals surface area contributed by atoms with Crippen LogP contribution in [-0.4, -0.2) is 17.7 Å². The van der Waals surface area contributed by atoms with Gasteiger partial charge in [-0.25, -0.2) is 4.79 Å². The second kappa shape index (κ2) is 5.51. The van der Waals surface area contributed by atoms with E-state index in [0.717, 1.165) is 11.6 Å². The zero-order valence-electron chi connectivity index (χ0n) is 8.01. The third-order valence-electron chi connectivity index (χ3n) is 1.62. The van der Waals surface area contributed by atoms with Gasteiger partial charge in [-0.2, -0.15) is 0 Å². The molecule has 15 heavy (non-hydrogen) atoms. The SMILES string of the molecule is C#CCOc1ccc(/C=C/C(=O)O)cc1. The topological polar surface area (TPSA) is 46.5 Å². The van der Waals surface area contributed by atoms with Crippen molar-refractivity contribution in [2.45, 2.75) is 0 Å². The summed E-state index contributed by atoms with van der Waals surface area (Å²) in [4.78, 5) is 10.2. The van der Waals surface area contributed by atoms with Crippen molar-refractivity contribution in [3.05, 3.63) is 35.9 Å². The predicted octanol–water partition coefficient (Wildman–Crippen LogP) is 1.80. The summed E-state index contributed by atoms with van der Waals surface area (Å²) >= 11 is 0. The van der Waals surface area contributed by atoms with Gasteiger partial charge in [-0.05, 0) is 23.8 Å². The molecule has 0 aliphatic rings. The molecule has 1 N–H and O–H groups in total. The van der Waals surface area contributed by atoms with Crippen LogP contribution >= 0.6 is 0 Å². The number of carbonyl (C=O) groups is 1. The Bertz CT molecular complexity index is 396. The van der Waals surface area contributed by atoms with Gasteiger partial charge in [0.15, 0.2) is 0 Å². The van der Waals surface area contributed by atoms with Gasteiger partial charge < -0.3 is 9.84 Å². The van der Waals surface area contributed by atoms with Crippen LogP contribution in [0.5, 0.6) is 5.75 Å². The summed E-state index contributed by atoms with van der Waals surface area (Å²) in [5.41, 5.74) is 0.797. The third-order valence-corrected chi connectivity index (χ3v) is 1.62. The van der Waals surface area contributed by atoms with E-state index in [2.05, 4.69) is 5.92 Å². The molecule has 0 unspecified atom stereocenters. The van der Waals surface area contributed by atoms with E-state index >= 15 is 0 Å². The van der Waals surface area contributed by atoms with E-state index in [0.29, 0.717) is 5.75 Å². The van der Waals surface area contributed by atoms with Crippen LogP contribution in [0.25, 0.3) is 6.08 Å².